The second-order valence-electron chi connectivity index (χ2n) is 7.38. The number of rotatable bonds is 6. The maximum absolute atomic E-state index is 12.8. The van der Waals surface area contributed by atoms with Crippen molar-refractivity contribution in [2.75, 3.05) is 37.6 Å². The molecule has 1 N–H and O–H groups in total. The van der Waals surface area contributed by atoms with Crippen molar-refractivity contribution in [1.82, 2.24) is 15.2 Å². The minimum absolute atomic E-state index is 0.0399. The van der Waals surface area contributed by atoms with E-state index in [2.05, 4.69) is 51.3 Å². The third-order valence-electron chi connectivity index (χ3n) is 5.24. The van der Waals surface area contributed by atoms with Crippen LogP contribution in [0.5, 0.6) is 0 Å². The molecule has 2 aromatic carbocycles. The summed E-state index contributed by atoms with van der Waals surface area (Å²) in [6, 6.07) is 18.5. The maximum Gasteiger partial charge on any atom is 0.235 e. The lowest BCUT2D eigenvalue weighted by Gasteiger charge is -2.36. The van der Waals surface area contributed by atoms with E-state index in [0.29, 0.717) is 6.54 Å². The smallest absolute Gasteiger partial charge is 0.235 e. The summed E-state index contributed by atoms with van der Waals surface area (Å²) in [5.41, 5.74) is 3.60. The highest BCUT2D eigenvalue weighted by Crippen LogP contribution is 2.24. The molecule has 0 saturated carbocycles. The van der Waals surface area contributed by atoms with Gasteiger partial charge in [-0.1, -0.05) is 42.5 Å². The van der Waals surface area contributed by atoms with Crippen LogP contribution < -0.4 is 10.2 Å². The van der Waals surface area contributed by atoms with Crippen LogP contribution in [0.15, 0.2) is 66.2 Å². The second-order valence-corrected chi connectivity index (χ2v) is 8.31. The number of carbonyl (C=O) groups is 1. The Bertz CT molecular complexity index is 921. The number of nitrogens with zero attached hydrogens (tertiary/aromatic N) is 3. The molecule has 1 atom stereocenters. The van der Waals surface area contributed by atoms with Gasteiger partial charge in [-0.25, -0.2) is 4.98 Å². The molecule has 1 saturated heterocycles. The van der Waals surface area contributed by atoms with Gasteiger partial charge in [0.25, 0.3) is 0 Å². The number of carbonyl (C=O) groups excluding carboxylic acids is 1. The zero-order chi connectivity index (χ0) is 20.1. The molecular formula is C23H26N4OS. The summed E-state index contributed by atoms with van der Waals surface area (Å²) in [7, 11) is 0. The number of benzene rings is 2. The summed E-state index contributed by atoms with van der Waals surface area (Å²) >= 11 is 1.57. The molecule has 150 valence electrons. The van der Waals surface area contributed by atoms with Gasteiger partial charge >= 0.3 is 0 Å². The standard InChI is InChI=1S/C23H26N4OS/c1-18-6-5-9-20(16-18)27-13-11-26(12-14-27)17-21(28)25-22(23-24-10-15-29-23)19-7-3-2-4-8-19/h2-10,15-16,22H,11-14,17H2,1H3,(H,25,28). The summed E-state index contributed by atoms with van der Waals surface area (Å²) in [6.07, 6.45) is 1.78. The summed E-state index contributed by atoms with van der Waals surface area (Å²) in [5.74, 6) is 0.0399. The monoisotopic (exact) mass is 406 g/mol. The highest BCUT2D eigenvalue weighted by atomic mass is 32.1. The second kappa shape index (κ2) is 9.20. The fourth-order valence-electron chi connectivity index (χ4n) is 3.71. The lowest BCUT2D eigenvalue weighted by molar-refractivity contribution is -0.122. The molecular weight excluding hydrogens is 380 g/mol. The van der Waals surface area contributed by atoms with Gasteiger partial charge in [0.05, 0.1) is 6.54 Å². The number of aryl methyl sites for hydroxylation is 1. The number of nitrogens with one attached hydrogen (secondary N) is 1. The molecule has 1 aliphatic heterocycles. The summed E-state index contributed by atoms with van der Waals surface area (Å²) in [5, 5.41) is 6.04. The lowest BCUT2D eigenvalue weighted by Crippen LogP contribution is -2.49. The molecule has 1 unspecified atom stereocenters. The van der Waals surface area contributed by atoms with Gasteiger partial charge < -0.3 is 10.2 Å². The Morgan fingerprint density at radius 1 is 1.10 bits per heavy atom. The Morgan fingerprint density at radius 2 is 1.90 bits per heavy atom. The number of thiazole rings is 1. The Hall–Kier alpha value is -2.70. The van der Waals surface area contributed by atoms with Gasteiger partial charge in [-0.05, 0) is 30.2 Å². The van der Waals surface area contributed by atoms with Crippen molar-refractivity contribution < 1.29 is 4.79 Å². The highest BCUT2D eigenvalue weighted by molar-refractivity contribution is 7.09. The fraction of sp³-hybridized carbons (Fsp3) is 0.304. The molecule has 0 aliphatic carbocycles. The SMILES string of the molecule is Cc1cccc(N2CCN(CC(=O)NC(c3ccccc3)c3nccs3)CC2)c1. The number of piperazine rings is 1. The van der Waals surface area contributed by atoms with Gasteiger partial charge in [0.15, 0.2) is 0 Å². The number of anilines is 1. The van der Waals surface area contributed by atoms with Crippen LogP contribution in [-0.4, -0.2) is 48.5 Å². The third kappa shape index (κ3) is 5.02. The topological polar surface area (TPSA) is 48.5 Å². The first-order valence-corrected chi connectivity index (χ1v) is 10.8. The van der Waals surface area contributed by atoms with Gasteiger partial charge in [0, 0.05) is 43.4 Å². The van der Waals surface area contributed by atoms with E-state index in [4.69, 9.17) is 0 Å². The maximum atomic E-state index is 12.8. The number of hydrogen-bond donors (Lipinski definition) is 1. The van der Waals surface area contributed by atoms with E-state index in [-0.39, 0.29) is 11.9 Å². The van der Waals surface area contributed by atoms with E-state index in [1.807, 2.05) is 35.7 Å². The van der Waals surface area contributed by atoms with Crippen molar-refractivity contribution in [2.45, 2.75) is 13.0 Å². The van der Waals surface area contributed by atoms with Crippen LogP contribution in [-0.2, 0) is 4.79 Å². The van der Waals surface area contributed by atoms with Crippen LogP contribution >= 0.6 is 11.3 Å². The Kier molecular flexibility index (Phi) is 6.22. The van der Waals surface area contributed by atoms with E-state index < -0.39 is 0 Å². The summed E-state index contributed by atoms with van der Waals surface area (Å²) in [4.78, 5) is 21.8. The predicted octanol–water partition coefficient (Wildman–Crippen LogP) is 3.48. The first kappa shape index (κ1) is 19.6. The Labute approximate surface area is 176 Å². The minimum atomic E-state index is -0.197. The zero-order valence-electron chi connectivity index (χ0n) is 16.6. The van der Waals surface area contributed by atoms with Crippen molar-refractivity contribution in [3.8, 4) is 0 Å². The predicted molar refractivity (Wildman–Crippen MR) is 118 cm³/mol. The van der Waals surface area contributed by atoms with Gasteiger partial charge in [0.1, 0.15) is 11.0 Å². The van der Waals surface area contributed by atoms with E-state index >= 15 is 0 Å². The first-order valence-electron chi connectivity index (χ1n) is 9.97. The van der Waals surface area contributed by atoms with Crippen LogP contribution in [0, 0.1) is 6.92 Å². The lowest BCUT2D eigenvalue weighted by atomic mass is 10.1. The van der Waals surface area contributed by atoms with Crippen LogP contribution in [0.3, 0.4) is 0 Å². The van der Waals surface area contributed by atoms with Crippen LogP contribution in [0.1, 0.15) is 22.2 Å². The average Bonchev–Trinajstić information content (AvgIpc) is 3.28. The van der Waals surface area contributed by atoms with Gasteiger partial charge in [-0.2, -0.15) is 0 Å². The van der Waals surface area contributed by atoms with E-state index in [1.165, 1.54) is 11.3 Å². The summed E-state index contributed by atoms with van der Waals surface area (Å²) < 4.78 is 0. The third-order valence-corrected chi connectivity index (χ3v) is 6.08. The zero-order valence-corrected chi connectivity index (χ0v) is 17.4. The number of hydrogen-bond acceptors (Lipinski definition) is 5. The van der Waals surface area contributed by atoms with Crippen molar-refractivity contribution in [1.29, 1.82) is 0 Å². The molecule has 1 amide bonds. The number of amides is 1. The molecule has 5 nitrogen and oxygen atoms in total. The van der Waals surface area contributed by atoms with Crippen LogP contribution in [0.4, 0.5) is 5.69 Å². The minimum Gasteiger partial charge on any atom is -0.369 e. The van der Waals surface area contributed by atoms with E-state index in [1.54, 1.807) is 17.5 Å². The fourth-order valence-corrected chi connectivity index (χ4v) is 4.42. The molecule has 1 aliphatic rings. The van der Waals surface area contributed by atoms with Gasteiger partial charge in [-0.3, -0.25) is 9.69 Å². The number of aromatic nitrogens is 1. The van der Waals surface area contributed by atoms with Gasteiger partial charge in [0.2, 0.25) is 5.91 Å². The molecule has 3 aromatic rings. The molecule has 4 rings (SSSR count). The van der Waals surface area contributed by atoms with Crippen molar-refractivity contribution in [3.05, 3.63) is 82.3 Å². The Morgan fingerprint density at radius 3 is 2.59 bits per heavy atom. The molecule has 6 heteroatoms. The molecule has 1 aromatic heterocycles. The van der Waals surface area contributed by atoms with Crippen molar-refractivity contribution in [2.24, 2.45) is 0 Å². The van der Waals surface area contributed by atoms with Crippen molar-refractivity contribution in [3.63, 3.8) is 0 Å². The molecule has 29 heavy (non-hydrogen) atoms. The summed E-state index contributed by atoms with van der Waals surface area (Å²) in [6.45, 7) is 6.17. The van der Waals surface area contributed by atoms with E-state index in [0.717, 1.165) is 36.8 Å². The highest BCUT2D eigenvalue weighted by Gasteiger charge is 2.23. The quantitative estimate of drug-likeness (QED) is 0.681. The van der Waals surface area contributed by atoms with Crippen molar-refractivity contribution >= 4 is 22.9 Å². The normalized spacial score (nSPS) is 15.8. The molecule has 1 fully saturated rings. The average molecular weight is 407 g/mol. The van der Waals surface area contributed by atoms with Gasteiger partial charge in [-0.15, -0.1) is 11.3 Å². The van der Waals surface area contributed by atoms with E-state index in [9.17, 15) is 4.79 Å². The molecule has 0 spiro atoms. The first-order chi connectivity index (χ1) is 14.2. The van der Waals surface area contributed by atoms with Crippen LogP contribution in [0.2, 0.25) is 0 Å². The molecule has 0 radical (unpaired) electrons. The molecule has 0 bridgehead atoms. The Balaban J connectivity index is 1.34. The largest absolute Gasteiger partial charge is 0.369 e. The van der Waals surface area contributed by atoms with Crippen LogP contribution in [0.25, 0.3) is 0 Å². The molecule has 2 heterocycles.